The summed E-state index contributed by atoms with van der Waals surface area (Å²) in [5.74, 6) is 0.560. The topological polar surface area (TPSA) is 21.3 Å². The van der Waals surface area contributed by atoms with Gasteiger partial charge in [0.25, 0.3) is 0 Å². The Labute approximate surface area is 127 Å². The summed E-state index contributed by atoms with van der Waals surface area (Å²) in [6.45, 7) is 2.81. The fraction of sp³-hybridized carbons (Fsp3) is 0.333. The summed E-state index contributed by atoms with van der Waals surface area (Å²) in [5.41, 5.74) is 0.538. The molecule has 0 radical (unpaired) electrons. The molecule has 0 aliphatic rings. The molecular weight excluding hydrogens is 297 g/mol. The predicted molar refractivity (Wildman–Crippen MR) is 82.4 cm³/mol. The number of methoxy groups -OCH3 is 1. The second kappa shape index (κ2) is 7.07. The normalized spacial score (nSPS) is 12.4. The van der Waals surface area contributed by atoms with E-state index in [1.54, 1.807) is 30.6 Å². The van der Waals surface area contributed by atoms with Crippen molar-refractivity contribution in [1.82, 2.24) is 5.32 Å². The lowest BCUT2D eigenvalue weighted by atomic mass is 10.0. The monoisotopic (exact) mass is 313 g/mol. The number of thiophene rings is 1. The molecule has 1 N–H and O–H groups in total. The average Bonchev–Trinajstić information content (AvgIpc) is 2.90. The Kier molecular flexibility index (Phi) is 5.40. The van der Waals surface area contributed by atoms with Crippen LogP contribution >= 0.6 is 22.9 Å². The second-order valence-electron chi connectivity index (χ2n) is 4.37. The Morgan fingerprint density at radius 2 is 2.20 bits per heavy atom. The quantitative estimate of drug-likeness (QED) is 0.851. The molecular formula is C15H17ClFNOS. The van der Waals surface area contributed by atoms with E-state index < -0.39 is 0 Å². The fourth-order valence-electron chi connectivity index (χ4n) is 2.17. The van der Waals surface area contributed by atoms with Crippen molar-refractivity contribution < 1.29 is 9.13 Å². The van der Waals surface area contributed by atoms with Crippen molar-refractivity contribution in [3.63, 3.8) is 0 Å². The minimum absolute atomic E-state index is 0.00986. The first-order chi connectivity index (χ1) is 9.67. The highest BCUT2D eigenvalue weighted by molar-refractivity contribution is 7.10. The fourth-order valence-corrected chi connectivity index (χ4v) is 3.34. The van der Waals surface area contributed by atoms with Crippen LogP contribution in [0.15, 0.2) is 29.6 Å². The maximum absolute atomic E-state index is 13.9. The number of hydrogen-bond acceptors (Lipinski definition) is 3. The van der Waals surface area contributed by atoms with Crippen LogP contribution in [0.2, 0.25) is 5.02 Å². The molecule has 0 fully saturated rings. The first kappa shape index (κ1) is 15.3. The van der Waals surface area contributed by atoms with Crippen molar-refractivity contribution in [2.24, 2.45) is 0 Å². The largest absolute Gasteiger partial charge is 0.496 e. The van der Waals surface area contributed by atoms with Crippen LogP contribution in [0, 0.1) is 5.82 Å². The van der Waals surface area contributed by atoms with E-state index in [4.69, 9.17) is 16.3 Å². The molecule has 0 aliphatic carbocycles. The van der Waals surface area contributed by atoms with E-state index in [9.17, 15) is 4.39 Å². The Hall–Kier alpha value is -1.10. The Morgan fingerprint density at radius 1 is 1.40 bits per heavy atom. The van der Waals surface area contributed by atoms with Crippen LogP contribution in [0.25, 0.3) is 0 Å². The standard InChI is InChI=1S/C15H17ClFNOS/c1-3-18-13(15-14(19-2)7-8-20-15)9-10-11(16)5-4-6-12(10)17/h4-8,13,18H,3,9H2,1-2H3. The van der Waals surface area contributed by atoms with Crippen LogP contribution in [-0.4, -0.2) is 13.7 Å². The zero-order valence-corrected chi connectivity index (χ0v) is 13.0. The van der Waals surface area contributed by atoms with Crippen LogP contribution in [-0.2, 0) is 6.42 Å². The smallest absolute Gasteiger partial charge is 0.134 e. The van der Waals surface area contributed by atoms with E-state index in [0.717, 1.165) is 17.2 Å². The van der Waals surface area contributed by atoms with E-state index in [-0.39, 0.29) is 11.9 Å². The van der Waals surface area contributed by atoms with Crippen LogP contribution in [0.1, 0.15) is 23.4 Å². The number of benzene rings is 1. The van der Waals surface area contributed by atoms with Gasteiger partial charge < -0.3 is 10.1 Å². The Bertz CT molecular complexity index is 553. The number of hydrogen-bond donors (Lipinski definition) is 1. The molecule has 1 unspecified atom stereocenters. The third kappa shape index (κ3) is 3.32. The number of nitrogens with one attached hydrogen (secondary N) is 1. The average molecular weight is 314 g/mol. The van der Waals surface area contributed by atoms with Gasteiger partial charge in [-0.25, -0.2) is 4.39 Å². The highest BCUT2D eigenvalue weighted by atomic mass is 35.5. The molecule has 0 saturated carbocycles. The van der Waals surface area contributed by atoms with Gasteiger partial charge in [-0.15, -0.1) is 11.3 Å². The molecule has 2 aromatic rings. The first-order valence-corrected chi connectivity index (χ1v) is 7.70. The minimum Gasteiger partial charge on any atom is -0.496 e. The molecule has 1 atom stereocenters. The van der Waals surface area contributed by atoms with Gasteiger partial charge in [-0.05, 0) is 36.5 Å². The molecule has 1 aromatic heterocycles. The summed E-state index contributed by atoms with van der Waals surface area (Å²) in [6.07, 6.45) is 0.496. The lowest BCUT2D eigenvalue weighted by Crippen LogP contribution is -2.23. The summed E-state index contributed by atoms with van der Waals surface area (Å²) in [7, 11) is 1.64. The molecule has 20 heavy (non-hydrogen) atoms. The maximum Gasteiger partial charge on any atom is 0.134 e. The lowest BCUT2D eigenvalue weighted by Gasteiger charge is -2.19. The summed E-state index contributed by atoms with van der Waals surface area (Å²) in [6, 6.07) is 6.69. The Balaban J connectivity index is 2.30. The third-order valence-corrected chi connectivity index (χ3v) is 4.48. The highest BCUT2D eigenvalue weighted by Crippen LogP contribution is 2.34. The zero-order valence-electron chi connectivity index (χ0n) is 11.5. The predicted octanol–water partition coefficient (Wildman–Crippen LogP) is 4.44. The SMILES string of the molecule is CCNC(Cc1c(F)cccc1Cl)c1sccc1OC. The lowest BCUT2D eigenvalue weighted by molar-refractivity contribution is 0.403. The summed E-state index contributed by atoms with van der Waals surface area (Å²) >= 11 is 7.71. The minimum atomic E-state index is -0.268. The summed E-state index contributed by atoms with van der Waals surface area (Å²) in [5, 5.41) is 5.80. The first-order valence-electron chi connectivity index (χ1n) is 6.45. The van der Waals surface area contributed by atoms with E-state index in [2.05, 4.69) is 5.32 Å². The van der Waals surface area contributed by atoms with Gasteiger partial charge in [-0.3, -0.25) is 0 Å². The molecule has 108 valence electrons. The molecule has 2 nitrogen and oxygen atoms in total. The number of rotatable bonds is 6. The van der Waals surface area contributed by atoms with Gasteiger partial charge in [0.1, 0.15) is 11.6 Å². The van der Waals surface area contributed by atoms with Gasteiger partial charge >= 0.3 is 0 Å². The van der Waals surface area contributed by atoms with Crippen molar-refractivity contribution in [1.29, 1.82) is 0 Å². The summed E-state index contributed by atoms with van der Waals surface area (Å²) < 4.78 is 19.3. The van der Waals surface area contributed by atoms with Gasteiger partial charge in [0.05, 0.1) is 12.0 Å². The van der Waals surface area contributed by atoms with Gasteiger partial charge in [-0.2, -0.15) is 0 Å². The molecule has 0 saturated heterocycles. The van der Waals surface area contributed by atoms with Gasteiger partial charge in [0.15, 0.2) is 0 Å². The van der Waals surface area contributed by atoms with Crippen molar-refractivity contribution in [3.05, 3.63) is 50.9 Å². The van der Waals surface area contributed by atoms with Crippen molar-refractivity contribution in [2.75, 3.05) is 13.7 Å². The molecule has 5 heteroatoms. The second-order valence-corrected chi connectivity index (χ2v) is 5.72. The van der Waals surface area contributed by atoms with E-state index in [1.807, 2.05) is 18.4 Å². The third-order valence-electron chi connectivity index (χ3n) is 3.11. The number of halogens is 2. The van der Waals surface area contributed by atoms with Crippen LogP contribution < -0.4 is 10.1 Å². The van der Waals surface area contributed by atoms with E-state index in [0.29, 0.717) is 17.0 Å². The van der Waals surface area contributed by atoms with Crippen molar-refractivity contribution >= 4 is 22.9 Å². The molecule has 2 rings (SSSR count). The van der Waals surface area contributed by atoms with Crippen molar-refractivity contribution in [2.45, 2.75) is 19.4 Å². The van der Waals surface area contributed by atoms with Crippen LogP contribution in [0.5, 0.6) is 5.75 Å². The van der Waals surface area contributed by atoms with Crippen LogP contribution in [0.3, 0.4) is 0 Å². The Morgan fingerprint density at radius 3 is 2.85 bits per heavy atom. The number of likely N-dealkylation sites (N-methyl/N-ethyl adjacent to an activating group) is 1. The molecule has 0 amide bonds. The van der Waals surface area contributed by atoms with Gasteiger partial charge in [0, 0.05) is 16.6 Å². The maximum atomic E-state index is 13.9. The van der Waals surface area contributed by atoms with Gasteiger partial charge in [-0.1, -0.05) is 24.6 Å². The zero-order chi connectivity index (χ0) is 14.5. The molecule has 0 aliphatic heterocycles. The van der Waals surface area contributed by atoms with E-state index >= 15 is 0 Å². The highest BCUT2D eigenvalue weighted by Gasteiger charge is 2.20. The molecule has 1 aromatic carbocycles. The molecule has 1 heterocycles. The number of ether oxygens (including phenoxy) is 1. The van der Waals surface area contributed by atoms with E-state index in [1.165, 1.54) is 6.07 Å². The van der Waals surface area contributed by atoms with Crippen LogP contribution in [0.4, 0.5) is 4.39 Å². The molecule has 0 bridgehead atoms. The van der Waals surface area contributed by atoms with Gasteiger partial charge in [0.2, 0.25) is 0 Å². The summed E-state index contributed by atoms with van der Waals surface area (Å²) in [4.78, 5) is 1.06. The molecule has 0 spiro atoms. The van der Waals surface area contributed by atoms with Crippen molar-refractivity contribution in [3.8, 4) is 5.75 Å².